The molecule has 0 aromatic heterocycles. The number of carbonyl (C=O) groups excluding carboxylic acids is 1. The zero-order valence-electron chi connectivity index (χ0n) is 16.5. The summed E-state index contributed by atoms with van der Waals surface area (Å²) in [7, 11) is 0. The summed E-state index contributed by atoms with van der Waals surface area (Å²) in [5, 5.41) is 19.9. The molecular weight excluding hydrogens is 355 g/mol. The van der Waals surface area contributed by atoms with Crippen LogP contribution in [0, 0.1) is 0 Å². The van der Waals surface area contributed by atoms with Gasteiger partial charge in [-0.25, -0.2) is 4.79 Å². The van der Waals surface area contributed by atoms with Crippen LogP contribution in [-0.2, 0) is 9.59 Å². The minimum atomic E-state index is -1.20. The van der Waals surface area contributed by atoms with Crippen molar-refractivity contribution in [2.24, 2.45) is 0 Å². The van der Waals surface area contributed by atoms with Gasteiger partial charge >= 0.3 is 29.0 Å². The van der Waals surface area contributed by atoms with Crippen molar-refractivity contribution in [3.8, 4) is 0 Å². The first-order valence-electron chi connectivity index (χ1n) is 10.4. The number of aliphatic hydroxyl groups is 1. The highest BCUT2D eigenvalue weighted by atomic mass is 24.3. The SMILES string of the molecule is CCCCCCCC/C=C\CCCCCCCC(=O)N[C@@H](CO)C(=O)O.[MgH2]. The first kappa shape index (κ1) is 28.6. The van der Waals surface area contributed by atoms with Crippen molar-refractivity contribution in [3.63, 3.8) is 0 Å². The summed E-state index contributed by atoms with van der Waals surface area (Å²) < 4.78 is 0. The standard InChI is InChI=1S/C21H39NO4.Mg.2H/c1-2-3-4-5-6-7-8-9-10-11-12-13-14-15-16-17-20(24)22-19(18-23)21(25)26;;;/h9-10,19,23H,2-8,11-18H2,1H3,(H,22,24)(H,25,26);;;/b10-9-;;;/t19-;;;/m0.../s1. The van der Waals surface area contributed by atoms with Crippen molar-refractivity contribution >= 4 is 34.9 Å². The molecule has 0 heterocycles. The second-order valence-corrected chi connectivity index (χ2v) is 6.98. The van der Waals surface area contributed by atoms with E-state index in [-0.39, 0.29) is 29.0 Å². The third-order valence-corrected chi connectivity index (χ3v) is 4.48. The van der Waals surface area contributed by atoms with Gasteiger partial charge in [0.25, 0.3) is 0 Å². The molecule has 0 radical (unpaired) electrons. The molecule has 0 aliphatic heterocycles. The number of unbranched alkanes of at least 4 members (excludes halogenated alkanes) is 11. The molecule has 6 heteroatoms. The third-order valence-electron chi connectivity index (χ3n) is 4.48. The Kier molecular flexibility index (Phi) is 23.0. The van der Waals surface area contributed by atoms with Gasteiger partial charge in [-0.2, -0.15) is 0 Å². The van der Waals surface area contributed by atoms with Crippen LogP contribution < -0.4 is 5.32 Å². The van der Waals surface area contributed by atoms with Gasteiger partial charge in [0.05, 0.1) is 6.61 Å². The van der Waals surface area contributed by atoms with E-state index in [0.29, 0.717) is 6.42 Å². The van der Waals surface area contributed by atoms with E-state index in [1.165, 1.54) is 51.4 Å². The Bertz CT molecular complexity index is 388. The van der Waals surface area contributed by atoms with Crippen LogP contribution in [-0.4, -0.2) is 57.8 Å². The minimum absolute atomic E-state index is 0. The number of amides is 1. The zero-order chi connectivity index (χ0) is 19.5. The molecule has 0 aliphatic carbocycles. The van der Waals surface area contributed by atoms with Gasteiger partial charge in [0.2, 0.25) is 5.91 Å². The fraction of sp³-hybridized carbons (Fsp3) is 0.810. The number of hydrogen-bond acceptors (Lipinski definition) is 3. The number of hydrogen-bond donors (Lipinski definition) is 3. The summed E-state index contributed by atoms with van der Waals surface area (Å²) in [4.78, 5) is 22.3. The first-order valence-corrected chi connectivity index (χ1v) is 10.4. The molecule has 0 fully saturated rings. The molecule has 0 aromatic carbocycles. The molecule has 0 rings (SSSR count). The maximum absolute atomic E-state index is 11.6. The molecule has 5 nitrogen and oxygen atoms in total. The van der Waals surface area contributed by atoms with Crippen molar-refractivity contribution in [1.29, 1.82) is 0 Å². The molecule has 1 amide bonds. The number of allylic oxidation sites excluding steroid dienone is 2. The summed E-state index contributed by atoms with van der Waals surface area (Å²) in [5.74, 6) is -1.51. The molecule has 0 saturated carbocycles. The van der Waals surface area contributed by atoms with Crippen LogP contribution in [0.5, 0.6) is 0 Å². The van der Waals surface area contributed by atoms with Gasteiger partial charge in [-0.3, -0.25) is 4.79 Å². The number of aliphatic carboxylic acids is 1. The Morgan fingerprint density at radius 2 is 1.33 bits per heavy atom. The third kappa shape index (κ3) is 20.0. The van der Waals surface area contributed by atoms with Gasteiger partial charge in [0.15, 0.2) is 0 Å². The average molecular weight is 396 g/mol. The fourth-order valence-electron chi connectivity index (χ4n) is 2.81. The van der Waals surface area contributed by atoms with E-state index in [1.54, 1.807) is 0 Å². The van der Waals surface area contributed by atoms with Gasteiger partial charge in [-0.1, -0.05) is 70.4 Å². The van der Waals surface area contributed by atoms with E-state index < -0.39 is 18.6 Å². The summed E-state index contributed by atoms with van der Waals surface area (Å²) in [5.41, 5.74) is 0. The molecule has 1 atom stereocenters. The minimum Gasteiger partial charge on any atom is -0.480 e. The molecule has 0 spiro atoms. The van der Waals surface area contributed by atoms with Gasteiger partial charge in [0, 0.05) is 6.42 Å². The zero-order valence-corrected chi connectivity index (χ0v) is 16.5. The number of aliphatic hydroxyl groups excluding tert-OH is 1. The maximum atomic E-state index is 11.6. The first-order chi connectivity index (χ1) is 12.6. The summed E-state index contributed by atoms with van der Waals surface area (Å²) in [6.45, 7) is 1.67. The Hall–Kier alpha value is -0.594. The lowest BCUT2D eigenvalue weighted by molar-refractivity contribution is -0.142. The van der Waals surface area contributed by atoms with Crippen LogP contribution >= 0.6 is 0 Å². The van der Waals surface area contributed by atoms with Crippen molar-refractivity contribution in [1.82, 2.24) is 5.32 Å². The lowest BCUT2D eigenvalue weighted by atomic mass is 10.1. The van der Waals surface area contributed by atoms with Gasteiger partial charge in [-0.05, 0) is 32.1 Å². The molecular formula is C21H41MgNO4. The Labute approximate surface area is 181 Å². The van der Waals surface area contributed by atoms with E-state index in [1.807, 2.05) is 0 Å². The van der Waals surface area contributed by atoms with E-state index in [0.717, 1.165) is 32.1 Å². The van der Waals surface area contributed by atoms with Crippen molar-refractivity contribution in [2.45, 2.75) is 103 Å². The van der Waals surface area contributed by atoms with Crippen LogP contribution in [0.25, 0.3) is 0 Å². The van der Waals surface area contributed by atoms with Crippen LogP contribution in [0.1, 0.15) is 96.8 Å². The Balaban J connectivity index is 0. The predicted octanol–water partition coefficient (Wildman–Crippen LogP) is 3.67. The Morgan fingerprint density at radius 1 is 0.852 bits per heavy atom. The average Bonchev–Trinajstić information content (AvgIpc) is 2.62. The number of carbonyl (C=O) groups is 2. The number of rotatable bonds is 18. The van der Waals surface area contributed by atoms with Crippen LogP contribution in [0.2, 0.25) is 0 Å². The van der Waals surface area contributed by atoms with E-state index >= 15 is 0 Å². The molecule has 0 aliphatic rings. The summed E-state index contributed by atoms with van der Waals surface area (Å²) >= 11 is 0. The van der Waals surface area contributed by atoms with Crippen LogP contribution in [0.15, 0.2) is 12.2 Å². The maximum Gasteiger partial charge on any atom is 0.328 e. The second-order valence-electron chi connectivity index (χ2n) is 6.98. The van der Waals surface area contributed by atoms with Gasteiger partial charge < -0.3 is 15.5 Å². The molecule has 156 valence electrons. The highest BCUT2D eigenvalue weighted by Crippen LogP contribution is 2.10. The van der Waals surface area contributed by atoms with Crippen molar-refractivity contribution < 1.29 is 19.8 Å². The Morgan fingerprint density at radius 3 is 1.81 bits per heavy atom. The van der Waals surface area contributed by atoms with Crippen LogP contribution in [0.4, 0.5) is 0 Å². The highest BCUT2D eigenvalue weighted by molar-refractivity contribution is 5.83. The number of carboxylic acid groups (broad SMARTS) is 1. The smallest absolute Gasteiger partial charge is 0.328 e. The van der Waals surface area contributed by atoms with E-state index in [9.17, 15) is 9.59 Å². The van der Waals surface area contributed by atoms with E-state index in [4.69, 9.17) is 10.2 Å². The normalized spacial score (nSPS) is 11.9. The molecule has 0 saturated heterocycles. The molecule has 3 N–H and O–H groups in total. The lowest BCUT2D eigenvalue weighted by Crippen LogP contribution is -2.43. The quantitative estimate of drug-likeness (QED) is 0.188. The van der Waals surface area contributed by atoms with Crippen LogP contribution in [0.3, 0.4) is 0 Å². The number of nitrogens with one attached hydrogen (secondary N) is 1. The second kappa shape index (κ2) is 21.7. The predicted molar refractivity (Wildman–Crippen MR) is 115 cm³/mol. The van der Waals surface area contributed by atoms with Gasteiger partial charge in [-0.15, -0.1) is 0 Å². The highest BCUT2D eigenvalue weighted by Gasteiger charge is 2.17. The lowest BCUT2D eigenvalue weighted by Gasteiger charge is -2.11. The van der Waals surface area contributed by atoms with Crippen molar-refractivity contribution in [3.05, 3.63) is 12.2 Å². The molecule has 0 unspecified atom stereocenters. The number of carboxylic acids is 1. The molecule has 27 heavy (non-hydrogen) atoms. The molecule has 0 aromatic rings. The fourth-order valence-corrected chi connectivity index (χ4v) is 2.81. The van der Waals surface area contributed by atoms with Crippen molar-refractivity contribution in [2.75, 3.05) is 6.61 Å². The summed E-state index contributed by atoms with van der Waals surface area (Å²) in [6, 6.07) is -1.19. The van der Waals surface area contributed by atoms with E-state index in [2.05, 4.69) is 24.4 Å². The monoisotopic (exact) mass is 395 g/mol. The summed E-state index contributed by atoms with van der Waals surface area (Å²) in [6.07, 6.45) is 20.5. The largest absolute Gasteiger partial charge is 0.480 e. The molecule has 0 bridgehead atoms. The topological polar surface area (TPSA) is 86.6 Å². The van der Waals surface area contributed by atoms with Gasteiger partial charge in [0.1, 0.15) is 6.04 Å².